The summed E-state index contributed by atoms with van der Waals surface area (Å²) in [4.78, 5) is 12.5. The fourth-order valence-corrected chi connectivity index (χ4v) is 3.74. The first-order chi connectivity index (χ1) is 13.3. The van der Waals surface area contributed by atoms with Gasteiger partial charge < -0.3 is 9.30 Å². The lowest BCUT2D eigenvalue weighted by Crippen LogP contribution is -2.15. The third-order valence-electron chi connectivity index (χ3n) is 4.57. The number of hydrogen-bond acceptors (Lipinski definition) is 2. The van der Waals surface area contributed by atoms with Crippen molar-refractivity contribution in [2.45, 2.75) is 25.6 Å². The summed E-state index contributed by atoms with van der Waals surface area (Å²) in [6, 6.07) is 13.2. The van der Waals surface area contributed by atoms with E-state index in [1.807, 2.05) is 30.3 Å². The van der Waals surface area contributed by atoms with Crippen LogP contribution in [0.4, 0.5) is 13.2 Å². The molecule has 28 heavy (non-hydrogen) atoms. The monoisotopic (exact) mass is 453 g/mol. The van der Waals surface area contributed by atoms with E-state index in [0.29, 0.717) is 31.7 Å². The lowest BCUT2D eigenvalue weighted by Gasteiger charge is -2.16. The molecule has 0 amide bonds. The molecule has 0 aliphatic rings. The molecule has 0 aliphatic heterocycles. The third-order valence-corrected chi connectivity index (χ3v) is 5.19. The van der Waals surface area contributed by atoms with Crippen molar-refractivity contribution in [3.8, 4) is 0 Å². The van der Waals surface area contributed by atoms with Crippen molar-refractivity contribution < 1.29 is 17.9 Å². The summed E-state index contributed by atoms with van der Waals surface area (Å²) < 4.78 is 46.8. The van der Waals surface area contributed by atoms with E-state index in [1.54, 1.807) is 11.6 Å². The number of rotatable bonds is 6. The fraction of sp³-hybridized carbons (Fsp3) is 0.286. The Labute approximate surface area is 168 Å². The normalized spacial score (nSPS) is 11.9. The number of ether oxygens (including phenoxy) is 1. The van der Waals surface area contributed by atoms with Crippen LogP contribution < -0.4 is 5.43 Å². The van der Waals surface area contributed by atoms with Gasteiger partial charge in [-0.05, 0) is 46.5 Å². The molecule has 0 bridgehead atoms. The third kappa shape index (κ3) is 4.64. The minimum Gasteiger partial charge on any atom is -0.377 e. The van der Waals surface area contributed by atoms with E-state index in [0.717, 1.165) is 17.7 Å². The summed E-state index contributed by atoms with van der Waals surface area (Å²) in [5.41, 5.74) is 0.922. The Balaban J connectivity index is 1.76. The zero-order valence-corrected chi connectivity index (χ0v) is 16.8. The number of nitrogens with zero attached hydrogens (tertiary/aromatic N) is 1. The van der Waals surface area contributed by atoms with Crippen LogP contribution in [0, 0.1) is 0 Å². The molecule has 2 aromatic carbocycles. The SMILES string of the molecule is Cn1c(CCCOCc2ccccc2)cc(=O)c2c(Br)cc(C(F)(F)F)cc21. The van der Waals surface area contributed by atoms with Crippen LogP contribution in [0.2, 0.25) is 0 Å². The highest BCUT2D eigenvalue weighted by Gasteiger charge is 2.31. The van der Waals surface area contributed by atoms with E-state index in [-0.39, 0.29) is 20.8 Å². The molecule has 148 valence electrons. The summed E-state index contributed by atoms with van der Waals surface area (Å²) in [5.74, 6) is 0. The van der Waals surface area contributed by atoms with Gasteiger partial charge in [0.15, 0.2) is 5.43 Å². The fourth-order valence-electron chi connectivity index (χ4n) is 3.10. The zero-order chi connectivity index (χ0) is 20.3. The van der Waals surface area contributed by atoms with Crippen LogP contribution >= 0.6 is 15.9 Å². The van der Waals surface area contributed by atoms with Crippen molar-refractivity contribution in [1.82, 2.24) is 4.57 Å². The van der Waals surface area contributed by atoms with E-state index >= 15 is 0 Å². The molecule has 0 radical (unpaired) electrons. The van der Waals surface area contributed by atoms with Crippen molar-refractivity contribution in [3.63, 3.8) is 0 Å². The van der Waals surface area contributed by atoms with E-state index in [1.165, 1.54) is 6.07 Å². The topological polar surface area (TPSA) is 31.2 Å². The van der Waals surface area contributed by atoms with Gasteiger partial charge in [0.2, 0.25) is 0 Å². The number of fused-ring (bicyclic) bond motifs is 1. The van der Waals surface area contributed by atoms with Crippen LogP contribution in [0.3, 0.4) is 0 Å². The lowest BCUT2D eigenvalue weighted by atomic mass is 10.1. The van der Waals surface area contributed by atoms with E-state index in [2.05, 4.69) is 15.9 Å². The minimum atomic E-state index is -4.48. The molecule has 0 spiro atoms. The second-order valence-electron chi connectivity index (χ2n) is 6.55. The van der Waals surface area contributed by atoms with Gasteiger partial charge in [0, 0.05) is 29.9 Å². The molecule has 0 unspecified atom stereocenters. The molecule has 0 aliphatic carbocycles. The van der Waals surface area contributed by atoms with Crippen molar-refractivity contribution in [1.29, 1.82) is 0 Å². The largest absolute Gasteiger partial charge is 0.416 e. The molecule has 3 aromatic rings. The van der Waals surface area contributed by atoms with Gasteiger partial charge >= 0.3 is 6.18 Å². The molecule has 0 saturated carbocycles. The van der Waals surface area contributed by atoms with Gasteiger partial charge in [-0.1, -0.05) is 30.3 Å². The van der Waals surface area contributed by atoms with Gasteiger partial charge in [-0.2, -0.15) is 13.2 Å². The lowest BCUT2D eigenvalue weighted by molar-refractivity contribution is -0.137. The second kappa shape index (κ2) is 8.49. The molecule has 1 heterocycles. The first kappa shape index (κ1) is 20.6. The average Bonchev–Trinajstić information content (AvgIpc) is 2.64. The Morgan fingerprint density at radius 3 is 2.50 bits per heavy atom. The van der Waals surface area contributed by atoms with Crippen molar-refractivity contribution in [2.75, 3.05) is 6.61 Å². The summed E-state index contributed by atoms with van der Waals surface area (Å²) in [5, 5.41) is 0.250. The smallest absolute Gasteiger partial charge is 0.377 e. The molecule has 7 heteroatoms. The Kier molecular flexibility index (Phi) is 6.25. The first-order valence-electron chi connectivity index (χ1n) is 8.78. The van der Waals surface area contributed by atoms with Gasteiger partial charge in [0.25, 0.3) is 0 Å². The number of aromatic nitrogens is 1. The predicted molar refractivity (Wildman–Crippen MR) is 106 cm³/mol. The van der Waals surface area contributed by atoms with Crippen molar-refractivity contribution in [3.05, 3.63) is 80.0 Å². The molecule has 0 saturated heterocycles. The van der Waals surface area contributed by atoms with Gasteiger partial charge in [-0.3, -0.25) is 4.79 Å². The molecule has 0 N–H and O–H groups in total. The number of hydrogen-bond donors (Lipinski definition) is 0. The molecular weight excluding hydrogens is 435 g/mol. The highest BCUT2D eigenvalue weighted by molar-refractivity contribution is 9.10. The van der Waals surface area contributed by atoms with Crippen LogP contribution in [0.25, 0.3) is 10.9 Å². The summed E-state index contributed by atoms with van der Waals surface area (Å²) >= 11 is 3.11. The molecule has 3 nitrogen and oxygen atoms in total. The van der Waals surface area contributed by atoms with Crippen LogP contribution in [-0.4, -0.2) is 11.2 Å². The quantitative estimate of drug-likeness (QED) is 0.463. The second-order valence-corrected chi connectivity index (χ2v) is 7.40. The van der Waals surface area contributed by atoms with Gasteiger partial charge in [0.05, 0.1) is 23.1 Å². The number of pyridine rings is 1. The standard InChI is InChI=1S/C21H19BrF3NO2/c1-26-16(8-5-9-28-13-14-6-3-2-4-7-14)12-19(27)20-17(22)10-15(11-18(20)26)21(23,24)25/h2-4,6-7,10-12H,5,8-9,13H2,1H3. The minimum absolute atomic E-state index is 0.149. The molecular formula is C21H19BrF3NO2. The first-order valence-corrected chi connectivity index (χ1v) is 9.57. The molecule has 1 aromatic heterocycles. The zero-order valence-electron chi connectivity index (χ0n) is 15.2. The molecule has 0 atom stereocenters. The highest BCUT2D eigenvalue weighted by Crippen LogP contribution is 2.34. The van der Waals surface area contributed by atoms with E-state index in [4.69, 9.17) is 4.74 Å². The van der Waals surface area contributed by atoms with Gasteiger partial charge in [0.1, 0.15) is 0 Å². The Bertz CT molecular complexity index is 1030. The van der Waals surface area contributed by atoms with Crippen LogP contribution in [0.5, 0.6) is 0 Å². The van der Waals surface area contributed by atoms with Gasteiger partial charge in [-0.25, -0.2) is 0 Å². The van der Waals surface area contributed by atoms with E-state index in [9.17, 15) is 18.0 Å². The van der Waals surface area contributed by atoms with Crippen molar-refractivity contribution in [2.24, 2.45) is 7.05 Å². The Morgan fingerprint density at radius 2 is 1.82 bits per heavy atom. The van der Waals surface area contributed by atoms with Crippen LogP contribution in [0.15, 0.2) is 57.8 Å². The molecule has 3 rings (SSSR count). The average molecular weight is 454 g/mol. The van der Waals surface area contributed by atoms with E-state index < -0.39 is 11.7 Å². The Hall–Kier alpha value is -2.12. The van der Waals surface area contributed by atoms with Gasteiger partial charge in [-0.15, -0.1) is 0 Å². The number of benzene rings is 2. The summed E-state index contributed by atoms with van der Waals surface area (Å²) in [6.45, 7) is 0.993. The Morgan fingerprint density at radius 1 is 1.11 bits per heavy atom. The number of aryl methyl sites for hydroxylation is 2. The summed E-state index contributed by atoms with van der Waals surface area (Å²) in [6.07, 6.45) is -3.29. The highest BCUT2D eigenvalue weighted by atomic mass is 79.9. The maximum atomic E-state index is 13.1. The predicted octanol–water partition coefficient (Wildman–Crippen LogP) is 5.47. The maximum Gasteiger partial charge on any atom is 0.416 e. The van der Waals surface area contributed by atoms with Crippen LogP contribution in [-0.2, 0) is 31.0 Å². The molecule has 0 fully saturated rings. The van der Waals surface area contributed by atoms with Crippen molar-refractivity contribution >= 4 is 26.8 Å². The summed E-state index contributed by atoms with van der Waals surface area (Å²) in [7, 11) is 1.68. The number of alkyl halides is 3. The number of halogens is 4. The maximum absolute atomic E-state index is 13.1. The van der Waals surface area contributed by atoms with Crippen LogP contribution in [0.1, 0.15) is 23.2 Å².